The molecule has 0 aliphatic carbocycles. The molecular formula is C28H34Cl2N4O4. The van der Waals surface area contributed by atoms with Crippen LogP contribution in [0.4, 0.5) is 5.69 Å². The van der Waals surface area contributed by atoms with E-state index in [2.05, 4.69) is 5.43 Å². The maximum absolute atomic E-state index is 13.3. The second-order valence-electron chi connectivity index (χ2n) is 10.7. The molecule has 2 atom stereocenters. The number of hydrazone groups is 1. The van der Waals surface area contributed by atoms with Crippen LogP contribution in [-0.4, -0.2) is 42.5 Å². The van der Waals surface area contributed by atoms with Crippen LogP contribution in [0.2, 0.25) is 10.0 Å². The molecule has 8 nitrogen and oxygen atoms in total. The largest absolute Gasteiger partial charge is 0.457 e. The molecule has 0 saturated carbocycles. The van der Waals surface area contributed by atoms with E-state index in [0.717, 1.165) is 31.5 Å². The van der Waals surface area contributed by atoms with E-state index < -0.39 is 5.41 Å². The highest BCUT2D eigenvalue weighted by molar-refractivity contribution is 6.41. The number of nitrogens with one attached hydrogen (secondary N) is 1. The van der Waals surface area contributed by atoms with Gasteiger partial charge in [0.05, 0.1) is 22.2 Å². The predicted octanol–water partition coefficient (Wildman–Crippen LogP) is 5.99. The smallest absolute Gasteiger partial charge is 0.314 e. The summed E-state index contributed by atoms with van der Waals surface area (Å²) in [6.07, 6.45) is 3.29. The highest BCUT2D eigenvalue weighted by Crippen LogP contribution is 2.42. The first-order chi connectivity index (χ1) is 18.0. The average Bonchev–Trinajstić information content (AvgIpc) is 3.21. The van der Waals surface area contributed by atoms with E-state index in [4.69, 9.17) is 37.8 Å². The van der Waals surface area contributed by atoms with Crippen LogP contribution in [-0.2, 0) is 14.3 Å². The first-order valence-electron chi connectivity index (χ1n) is 12.8. The number of piperidine rings is 1. The summed E-state index contributed by atoms with van der Waals surface area (Å²) in [6.45, 7) is 8.83. The number of hydrogen-bond donors (Lipinski definition) is 1. The first-order valence-corrected chi connectivity index (χ1v) is 13.6. The van der Waals surface area contributed by atoms with Gasteiger partial charge >= 0.3 is 5.97 Å². The standard InChI is InChI=1S/C28H34Cl2N4O4/c1-18-24(26(35)32-33-14-6-5-7-15-33)31-34(23-13-10-20(29)16-22(23)30)25(18)19-8-11-21(12-9-19)37-17-38-27(36)28(2,3)4/h8-13,16,18,25H,5-7,14-15,17H2,1-4H3,(H,32,35). The fourth-order valence-corrected chi connectivity index (χ4v) is 5.01. The van der Waals surface area contributed by atoms with Crippen LogP contribution in [0, 0.1) is 11.3 Å². The molecule has 1 N–H and O–H groups in total. The van der Waals surface area contributed by atoms with E-state index in [1.54, 1.807) is 56.1 Å². The van der Waals surface area contributed by atoms with Gasteiger partial charge in [-0.15, -0.1) is 0 Å². The molecule has 1 amide bonds. The summed E-state index contributed by atoms with van der Waals surface area (Å²) in [5.74, 6) is -0.221. The quantitative estimate of drug-likeness (QED) is 0.330. The maximum atomic E-state index is 13.3. The summed E-state index contributed by atoms with van der Waals surface area (Å²) in [7, 11) is 0. The molecule has 1 fully saturated rings. The Labute approximate surface area is 233 Å². The summed E-state index contributed by atoms with van der Waals surface area (Å²) < 4.78 is 10.8. The molecule has 2 aliphatic heterocycles. The van der Waals surface area contributed by atoms with Crippen molar-refractivity contribution in [2.75, 3.05) is 24.9 Å². The molecule has 0 radical (unpaired) electrons. The van der Waals surface area contributed by atoms with Gasteiger partial charge in [-0.2, -0.15) is 5.10 Å². The van der Waals surface area contributed by atoms with Crippen LogP contribution in [0.25, 0.3) is 0 Å². The van der Waals surface area contributed by atoms with Crippen LogP contribution in [0.3, 0.4) is 0 Å². The van der Waals surface area contributed by atoms with E-state index in [1.807, 2.05) is 24.1 Å². The van der Waals surface area contributed by atoms with Crippen LogP contribution in [0.5, 0.6) is 5.75 Å². The summed E-state index contributed by atoms with van der Waals surface area (Å²) in [6, 6.07) is 12.4. The Morgan fingerprint density at radius 1 is 1.05 bits per heavy atom. The van der Waals surface area contributed by atoms with Gasteiger partial charge in [0.15, 0.2) is 0 Å². The number of ether oxygens (including phenoxy) is 2. The van der Waals surface area contributed by atoms with E-state index in [-0.39, 0.29) is 30.6 Å². The maximum Gasteiger partial charge on any atom is 0.314 e. The molecule has 10 heteroatoms. The third-order valence-electron chi connectivity index (χ3n) is 6.64. The lowest BCUT2D eigenvalue weighted by Gasteiger charge is -2.28. The van der Waals surface area contributed by atoms with E-state index >= 15 is 0 Å². The molecule has 38 heavy (non-hydrogen) atoms. The van der Waals surface area contributed by atoms with E-state index in [0.29, 0.717) is 27.2 Å². The highest BCUT2D eigenvalue weighted by atomic mass is 35.5. The topological polar surface area (TPSA) is 83.5 Å². The number of carbonyl (C=O) groups excluding carboxylic acids is 2. The fourth-order valence-electron chi connectivity index (χ4n) is 4.52. The molecule has 204 valence electrons. The number of halogens is 2. The van der Waals surface area contributed by atoms with Crippen molar-refractivity contribution in [2.24, 2.45) is 16.4 Å². The summed E-state index contributed by atoms with van der Waals surface area (Å²) in [4.78, 5) is 25.3. The van der Waals surface area contributed by atoms with Gasteiger partial charge in [0.1, 0.15) is 11.5 Å². The Kier molecular flexibility index (Phi) is 8.85. The van der Waals surface area contributed by atoms with E-state index in [1.165, 1.54) is 6.42 Å². The monoisotopic (exact) mass is 560 g/mol. The zero-order chi connectivity index (χ0) is 27.4. The normalized spacial score (nSPS) is 20.2. The second kappa shape index (κ2) is 11.9. The van der Waals surface area contributed by atoms with Crippen LogP contribution in [0.15, 0.2) is 47.6 Å². The predicted molar refractivity (Wildman–Crippen MR) is 149 cm³/mol. The Morgan fingerprint density at radius 3 is 2.37 bits per heavy atom. The van der Waals surface area contributed by atoms with Gasteiger partial charge in [0.2, 0.25) is 6.79 Å². The Balaban J connectivity index is 1.54. The number of carbonyl (C=O) groups is 2. The van der Waals surface area contributed by atoms with Crippen molar-refractivity contribution < 1.29 is 19.1 Å². The lowest BCUT2D eigenvalue weighted by atomic mass is 9.91. The van der Waals surface area contributed by atoms with Crippen molar-refractivity contribution in [1.29, 1.82) is 0 Å². The molecule has 2 heterocycles. The minimum atomic E-state index is -0.601. The van der Waals surface area contributed by atoms with Gasteiger partial charge < -0.3 is 9.47 Å². The minimum Gasteiger partial charge on any atom is -0.457 e. The molecule has 0 spiro atoms. The van der Waals surface area contributed by atoms with Crippen LogP contribution >= 0.6 is 23.2 Å². The van der Waals surface area contributed by atoms with Gasteiger partial charge in [0.25, 0.3) is 5.91 Å². The van der Waals surface area contributed by atoms with Gasteiger partial charge in [-0.05, 0) is 69.5 Å². The summed E-state index contributed by atoms with van der Waals surface area (Å²) >= 11 is 12.7. The Bertz CT molecular complexity index is 1190. The zero-order valence-electron chi connectivity index (χ0n) is 22.2. The Morgan fingerprint density at radius 2 is 1.74 bits per heavy atom. The van der Waals surface area contributed by atoms with Crippen molar-refractivity contribution in [2.45, 2.75) is 53.0 Å². The number of amides is 1. The number of esters is 1. The number of rotatable bonds is 7. The van der Waals surface area contributed by atoms with Crippen molar-refractivity contribution in [3.05, 3.63) is 58.1 Å². The SMILES string of the molecule is CC1C(C(=O)NN2CCCCC2)=NN(c2ccc(Cl)cc2Cl)C1c1ccc(OCOC(=O)C(C)(C)C)cc1. The number of anilines is 1. The number of hydrogen-bond acceptors (Lipinski definition) is 7. The first kappa shape index (κ1) is 28.2. The Hall–Kier alpha value is -2.81. The molecule has 2 unspecified atom stereocenters. The summed E-state index contributed by atoms with van der Waals surface area (Å²) in [5.41, 5.74) is 4.44. The lowest BCUT2D eigenvalue weighted by Crippen LogP contribution is -2.48. The number of nitrogens with zero attached hydrogens (tertiary/aromatic N) is 3. The average molecular weight is 562 g/mol. The van der Waals surface area contributed by atoms with Crippen molar-refractivity contribution in [1.82, 2.24) is 10.4 Å². The minimum absolute atomic E-state index is 0.175. The summed E-state index contributed by atoms with van der Waals surface area (Å²) in [5, 5.41) is 9.47. The van der Waals surface area contributed by atoms with Gasteiger partial charge in [0, 0.05) is 24.0 Å². The third-order valence-corrected chi connectivity index (χ3v) is 7.18. The number of hydrazine groups is 1. The molecular weight excluding hydrogens is 527 g/mol. The van der Waals surface area contributed by atoms with Crippen molar-refractivity contribution >= 4 is 46.5 Å². The molecule has 2 aromatic carbocycles. The fraction of sp³-hybridized carbons (Fsp3) is 0.464. The van der Waals surface area contributed by atoms with Gasteiger partial charge in [-0.3, -0.25) is 20.0 Å². The molecule has 2 aliphatic rings. The molecule has 0 bridgehead atoms. The van der Waals surface area contributed by atoms with Gasteiger partial charge in [-0.1, -0.05) is 48.7 Å². The number of benzene rings is 2. The second-order valence-corrected chi connectivity index (χ2v) is 11.5. The molecule has 1 saturated heterocycles. The van der Waals surface area contributed by atoms with Crippen molar-refractivity contribution in [3.63, 3.8) is 0 Å². The highest BCUT2D eigenvalue weighted by Gasteiger charge is 2.40. The molecule has 2 aromatic rings. The third kappa shape index (κ3) is 6.60. The van der Waals surface area contributed by atoms with E-state index in [9.17, 15) is 9.59 Å². The van der Waals surface area contributed by atoms with Crippen molar-refractivity contribution in [3.8, 4) is 5.75 Å². The molecule has 0 aromatic heterocycles. The van der Waals surface area contributed by atoms with Crippen LogP contribution in [0.1, 0.15) is 58.6 Å². The van der Waals surface area contributed by atoms with Gasteiger partial charge in [-0.25, -0.2) is 5.01 Å². The zero-order valence-corrected chi connectivity index (χ0v) is 23.7. The lowest BCUT2D eigenvalue weighted by molar-refractivity contribution is -0.159. The molecule has 4 rings (SSSR count). The van der Waals surface area contributed by atoms with Crippen LogP contribution < -0.4 is 15.2 Å².